The number of aromatic nitrogens is 2. The number of nitrogens with zero attached hydrogens (tertiary/aromatic N) is 2. The average molecular weight is 378 g/mol. The molecule has 6 heteroatoms. The van der Waals surface area contributed by atoms with Crippen LogP contribution in [0.5, 0.6) is 5.75 Å². The van der Waals surface area contributed by atoms with Gasteiger partial charge in [0.05, 0.1) is 19.2 Å². The third-order valence-electron chi connectivity index (χ3n) is 4.55. The summed E-state index contributed by atoms with van der Waals surface area (Å²) in [5.41, 5.74) is 8.78. The Labute approximate surface area is 165 Å². The maximum atomic E-state index is 12.8. The molecule has 1 aromatic heterocycles. The molecule has 0 bridgehead atoms. The Bertz CT molecular complexity index is 921. The van der Waals surface area contributed by atoms with E-state index in [-0.39, 0.29) is 11.8 Å². The summed E-state index contributed by atoms with van der Waals surface area (Å²) < 4.78 is 7.12. The predicted molar refractivity (Wildman–Crippen MR) is 110 cm³/mol. The highest BCUT2D eigenvalue weighted by molar-refractivity contribution is 5.99. The number of carbonyl (C=O) groups is 1. The van der Waals surface area contributed by atoms with Crippen molar-refractivity contribution in [1.82, 2.24) is 15.1 Å². The molecule has 0 fully saturated rings. The van der Waals surface area contributed by atoms with E-state index in [4.69, 9.17) is 15.6 Å². The van der Waals surface area contributed by atoms with E-state index in [1.165, 1.54) is 0 Å². The van der Waals surface area contributed by atoms with Crippen molar-refractivity contribution in [2.45, 2.75) is 13.5 Å². The fourth-order valence-corrected chi connectivity index (χ4v) is 2.87. The van der Waals surface area contributed by atoms with Crippen molar-refractivity contribution in [3.05, 3.63) is 71.9 Å². The lowest BCUT2D eigenvalue weighted by Gasteiger charge is -2.10. The zero-order valence-corrected chi connectivity index (χ0v) is 16.3. The van der Waals surface area contributed by atoms with E-state index in [2.05, 4.69) is 5.32 Å². The molecule has 28 heavy (non-hydrogen) atoms. The molecule has 0 aliphatic heterocycles. The molecule has 1 atom stereocenters. The number of amides is 1. The van der Waals surface area contributed by atoms with E-state index in [0.29, 0.717) is 30.9 Å². The fourth-order valence-electron chi connectivity index (χ4n) is 2.87. The second-order valence-electron chi connectivity index (χ2n) is 6.86. The van der Waals surface area contributed by atoms with Crippen LogP contribution in [0, 0.1) is 5.92 Å². The molecule has 6 nitrogen and oxygen atoms in total. The van der Waals surface area contributed by atoms with Crippen molar-refractivity contribution < 1.29 is 9.53 Å². The van der Waals surface area contributed by atoms with Gasteiger partial charge >= 0.3 is 0 Å². The van der Waals surface area contributed by atoms with Gasteiger partial charge in [-0.05, 0) is 30.2 Å². The summed E-state index contributed by atoms with van der Waals surface area (Å²) in [4.78, 5) is 12.8. The third-order valence-corrected chi connectivity index (χ3v) is 4.55. The number of methoxy groups -OCH3 is 1. The molecule has 0 saturated carbocycles. The zero-order valence-electron chi connectivity index (χ0n) is 16.3. The van der Waals surface area contributed by atoms with Crippen molar-refractivity contribution >= 4 is 5.91 Å². The summed E-state index contributed by atoms with van der Waals surface area (Å²) in [5, 5.41) is 7.66. The predicted octanol–water partition coefficient (Wildman–Crippen LogP) is 2.93. The minimum atomic E-state index is -0.155. The first-order chi connectivity index (χ1) is 13.6. The molecule has 1 unspecified atom stereocenters. The molecule has 0 radical (unpaired) electrons. The molecule has 1 amide bonds. The smallest absolute Gasteiger partial charge is 0.255 e. The van der Waals surface area contributed by atoms with Crippen LogP contribution in [-0.4, -0.2) is 35.9 Å². The van der Waals surface area contributed by atoms with Gasteiger partial charge < -0.3 is 15.8 Å². The van der Waals surface area contributed by atoms with Crippen LogP contribution in [0.3, 0.4) is 0 Å². The molecule has 0 aliphatic carbocycles. The summed E-state index contributed by atoms with van der Waals surface area (Å²) in [6.45, 7) is 3.64. The Morgan fingerprint density at radius 2 is 2.00 bits per heavy atom. The number of rotatable bonds is 8. The average Bonchev–Trinajstić information content (AvgIpc) is 3.16. The molecule has 1 heterocycles. The van der Waals surface area contributed by atoms with Gasteiger partial charge in [0, 0.05) is 18.3 Å². The summed E-state index contributed by atoms with van der Waals surface area (Å²) in [6.07, 6.45) is 1.80. The van der Waals surface area contributed by atoms with Crippen LogP contribution in [0.4, 0.5) is 0 Å². The van der Waals surface area contributed by atoms with E-state index >= 15 is 0 Å². The minimum Gasteiger partial charge on any atom is -0.497 e. The standard InChI is InChI=1S/C22H26N4O2/c1-16(12-23)13-24-22(27)20-15-26(14-17-7-4-3-5-8-17)25-21(20)18-9-6-10-19(11-18)28-2/h3-11,15-16H,12-14,23H2,1-2H3,(H,24,27). The lowest BCUT2D eigenvalue weighted by molar-refractivity contribution is 0.0949. The molecule has 0 aliphatic rings. The lowest BCUT2D eigenvalue weighted by atomic mass is 10.1. The molecule has 0 spiro atoms. The van der Waals surface area contributed by atoms with Crippen LogP contribution in [-0.2, 0) is 6.54 Å². The minimum absolute atomic E-state index is 0.155. The van der Waals surface area contributed by atoms with E-state index in [1.54, 1.807) is 18.0 Å². The summed E-state index contributed by atoms with van der Waals surface area (Å²) in [6, 6.07) is 17.6. The molecule has 3 rings (SSSR count). The van der Waals surface area contributed by atoms with Crippen LogP contribution < -0.4 is 15.8 Å². The highest BCUT2D eigenvalue weighted by Gasteiger charge is 2.19. The number of nitrogens with one attached hydrogen (secondary N) is 1. The van der Waals surface area contributed by atoms with Gasteiger partial charge in [0.1, 0.15) is 11.4 Å². The largest absolute Gasteiger partial charge is 0.497 e. The van der Waals surface area contributed by atoms with Gasteiger partial charge in [0.15, 0.2) is 0 Å². The van der Waals surface area contributed by atoms with Gasteiger partial charge in [0.25, 0.3) is 5.91 Å². The second kappa shape index (κ2) is 9.19. The Balaban J connectivity index is 1.94. The maximum Gasteiger partial charge on any atom is 0.255 e. The van der Waals surface area contributed by atoms with Gasteiger partial charge in [-0.3, -0.25) is 9.48 Å². The van der Waals surface area contributed by atoms with Crippen molar-refractivity contribution in [2.24, 2.45) is 11.7 Å². The summed E-state index contributed by atoms with van der Waals surface area (Å²) in [5.74, 6) is 0.777. The molecular weight excluding hydrogens is 352 g/mol. The van der Waals surface area contributed by atoms with Gasteiger partial charge in [-0.2, -0.15) is 5.10 Å². The van der Waals surface area contributed by atoms with E-state index < -0.39 is 0 Å². The van der Waals surface area contributed by atoms with E-state index in [1.807, 2.05) is 61.5 Å². The molecule has 2 aromatic carbocycles. The first-order valence-corrected chi connectivity index (χ1v) is 9.34. The second-order valence-corrected chi connectivity index (χ2v) is 6.86. The van der Waals surface area contributed by atoms with E-state index in [9.17, 15) is 4.79 Å². The monoisotopic (exact) mass is 378 g/mol. The number of ether oxygens (including phenoxy) is 1. The first kappa shape index (κ1) is 19.6. The van der Waals surface area contributed by atoms with Crippen molar-refractivity contribution in [3.63, 3.8) is 0 Å². The Morgan fingerprint density at radius 1 is 1.21 bits per heavy atom. The summed E-state index contributed by atoms with van der Waals surface area (Å²) in [7, 11) is 1.62. The van der Waals surface area contributed by atoms with Gasteiger partial charge in [-0.25, -0.2) is 0 Å². The van der Waals surface area contributed by atoms with Crippen LogP contribution in [0.1, 0.15) is 22.8 Å². The highest BCUT2D eigenvalue weighted by atomic mass is 16.5. The maximum absolute atomic E-state index is 12.8. The van der Waals surface area contributed by atoms with Crippen molar-refractivity contribution in [3.8, 4) is 17.0 Å². The lowest BCUT2D eigenvalue weighted by Crippen LogP contribution is -2.31. The Kier molecular flexibility index (Phi) is 6.45. The molecule has 3 aromatic rings. The van der Waals surface area contributed by atoms with Gasteiger partial charge in [-0.15, -0.1) is 0 Å². The number of hydrogen-bond donors (Lipinski definition) is 2. The number of nitrogens with two attached hydrogens (primary N) is 1. The molecule has 0 saturated heterocycles. The van der Waals surface area contributed by atoms with Crippen LogP contribution >= 0.6 is 0 Å². The van der Waals surface area contributed by atoms with E-state index in [0.717, 1.165) is 16.9 Å². The molecule has 3 N–H and O–H groups in total. The Morgan fingerprint density at radius 3 is 2.71 bits per heavy atom. The van der Waals surface area contributed by atoms with Crippen molar-refractivity contribution in [2.75, 3.05) is 20.2 Å². The van der Waals surface area contributed by atoms with Crippen LogP contribution in [0.15, 0.2) is 60.8 Å². The fraction of sp³-hybridized carbons (Fsp3) is 0.273. The van der Waals surface area contributed by atoms with Gasteiger partial charge in [0.2, 0.25) is 0 Å². The zero-order chi connectivity index (χ0) is 19.9. The number of hydrogen-bond acceptors (Lipinski definition) is 4. The quantitative estimate of drug-likeness (QED) is 0.631. The normalized spacial score (nSPS) is 11.8. The van der Waals surface area contributed by atoms with Crippen LogP contribution in [0.2, 0.25) is 0 Å². The first-order valence-electron chi connectivity index (χ1n) is 9.34. The number of benzene rings is 2. The highest BCUT2D eigenvalue weighted by Crippen LogP contribution is 2.26. The third kappa shape index (κ3) is 4.78. The molecular formula is C22H26N4O2. The SMILES string of the molecule is COc1cccc(-c2nn(Cc3ccccc3)cc2C(=O)NCC(C)CN)c1. The van der Waals surface area contributed by atoms with Crippen LogP contribution in [0.25, 0.3) is 11.3 Å². The Hall–Kier alpha value is -3.12. The topological polar surface area (TPSA) is 82.2 Å². The molecule has 146 valence electrons. The number of carbonyl (C=O) groups excluding carboxylic acids is 1. The van der Waals surface area contributed by atoms with Crippen molar-refractivity contribution in [1.29, 1.82) is 0 Å². The summed E-state index contributed by atoms with van der Waals surface area (Å²) >= 11 is 0. The van der Waals surface area contributed by atoms with Gasteiger partial charge in [-0.1, -0.05) is 49.4 Å².